The molecule has 0 radical (unpaired) electrons. The van der Waals surface area contributed by atoms with Gasteiger partial charge in [-0.2, -0.15) is 0 Å². The summed E-state index contributed by atoms with van der Waals surface area (Å²) in [6, 6.07) is 3.64. The summed E-state index contributed by atoms with van der Waals surface area (Å²) in [5.74, 6) is 0.597. The number of likely N-dealkylation sites (N-methyl/N-ethyl adjacent to an activating group) is 1. The van der Waals surface area contributed by atoms with Gasteiger partial charge in [0.05, 0.1) is 14.2 Å². The van der Waals surface area contributed by atoms with Crippen molar-refractivity contribution in [3.8, 4) is 5.75 Å². The number of carbonyl (C=O) groups is 1. The molecule has 0 aliphatic rings. The van der Waals surface area contributed by atoms with Crippen molar-refractivity contribution in [3.05, 3.63) is 28.8 Å². The molecule has 100 valence electrons. The van der Waals surface area contributed by atoms with Gasteiger partial charge in [0.25, 0.3) is 0 Å². The fourth-order valence-electron chi connectivity index (χ4n) is 2.04. The predicted molar refractivity (Wildman–Crippen MR) is 71.0 cm³/mol. The Hall–Kier alpha value is -1.55. The van der Waals surface area contributed by atoms with Crippen molar-refractivity contribution in [1.82, 2.24) is 5.32 Å². The summed E-state index contributed by atoms with van der Waals surface area (Å²) in [6.45, 7) is 4.05. The van der Waals surface area contributed by atoms with Crippen LogP contribution in [0.2, 0.25) is 0 Å². The first-order chi connectivity index (χ1) is 8.53. The van der Waals surface area contributed by atoms with Gasteiger partial charge in [-0.15, -0.1) is 0 Å². The van der Waals surface area contributed by atoms with E-state index >= 15 is 0 Å². The average Bonchev–Trinajstić information content (AvgIpc) is 2.37. The van der Waals surface area contributed by atoms with Crippen LogP contribution in [0.4, 0.5) is 0 Å². The maximum absolute atomic E-state index is 11.6. The van der Waals surface area contributed by atoms with E-state index in [1.165, 1.54) is 7.11 Å². The second-order valence-corrected chi connectivity index (χ2v) is 4.31. The third kappa shape index (κ3) is 3.23. The van der Waals surface area contributed by atoms with E-state index < -0.39 is 0 Å². The molecule has 0 bridgehead atoms. The summed E-state index contributed by atoms with van der Waals surface area (Å²) in [5.41, 5.74) is 3.40. The van der Waals surface area contributed by atoms with E-state index in [9.17, 15) is 4.79 Å². The van der Waals surface area contributed by atoms with Crippen LogP contribution in [0, 0.1) is 13.8 Å². The van der Waals surface area contributed by atoms with Crippen LogP contribution in [-0.4, -0.2) is 33.3 Å². The molecule has 0 saturated heterocycles. The molecule has 0 aliphatic carbocycles. The largest absolute Gasteiger partial charge is 0.497 e. The molecule has 1 unspecified atom stereocenters. The summed E-state index contributed by atoms with van der Waals surface area (Å²) in [4.78, 5) is 11.6. The van der Waals surface area contributed by atoms with E-state index in [0.29, 0.717) is 6.42 Å². The van der Waals surface area contributed by atoms with Crippen molar-refractivity contribution in [1.29, 1.82) is 0 Å². The van der Waals surface area contributed by atoms with Crippen LogP contribution in [0.1, 0.15) is 16.7 Å². The summed E-state index contributed by atoms with van der Waals surface area (Å²) >= 11 is 0. The van der Waals surface area contributed by atoms with Gasteiger partial charge in [0.15, 0.2) is 0 Å². The first kappa shape index (κ1) is 14.5. The summed E-state index contributed by atoms with van der Waals surface area (Å²) in [5, 5.41) is 2.98. The molecule has 1 aromatic rings. The fraction of sp³-hybridized carbons (Fsp3) is 0.500. The van der Waals surface area contributed by atoms with E-state index in [4.69, 9.17) is 9.47 Å². The number of rotatable bonds is 5. The highest BCUT2D eigenvalue weighted by Crippen LogP contribution is 2.23. The van der Waals surface area contributed by atoms with Gasteiger partial charge in [-0.05, 0) is 56.1 Å². The Kier molecular flexibility index (Phi) is 5.16. The number of benzene rings is 1. The molecule has 18 heavy (non-hydrogen) atoms. The van der Waals surface area contributed by atoms with Crippen molar-refractivity contribution in [2.75, 3.05) is 21.3 Å². The molecule has 4 nitrogen and oxygen atoms in total. The highest BCUT2D eigenvalue weighted by Gasteiger charge is 2.19. The van der Waals surface area contributed by atoms with Crippen LogP contribution >= 0.6 is 0 Å². The van der Waals surface area contributed by atoms with Gasteiger partial charge in [0.1, 0.15) is 11.8 Å². The lowest BCUT2D eigenvalue weighted by atomic mass is 9.96. The number of hydrogen-bond acceptors (Lipinski definition) is 4. The van der Waals surface area contributed by atoms with E-state index in [-0.39, 0.29) is 12.0 Å². The topological polar surface area (TPSA) is 47.6 Å². The van der Waals surface area contributed by atoms with Crippen LogP contribution in [0.3, 0.4) is 0 Å². The van der Waals surface area contributed by atoms with Gasteiger partial charge < -0.3 is 14.8 Å². The minimum atomic E-state index is -0.319. The Morgan fingerprint density at radius 1 is 1.28 bits per heavy atom. The van der Waals surface area contributed by atoms with Gasteiger partial charge in [-0.25, -0.2) is 0 Å². The molecular formula is C14H21NO3. The Bertz CT molecular complexity index is 406. The lowest BCUT2D eigenvalue weighted by Crippen LogP contribution is -2.37. The molecule has 1 atom stereocenters. The number of methoxy groups -OCH3 is 2. The molecule has 0 saturated carbocycles. The minimum Gasteiger partial charge on any atom is -0.497 e. The third-order valence-corrected chi connectivity index (χ3v) is 3.15. The van der Waals surface area contributed by atoms with E-state index in [1.807, 2.05) is 26.0 Å². The van der Waals surface area contributed by atoms with Crippen LogP contribution in [0.15, 0.2) is 12.1 Å². The quantitative estimate of drug-likeness (QED) is 0.808. The van der Waals surface area contributed by atoms with E-state index in [2.05, 4.69) is 5.32 Å². The minimum absolute atomic E-state index is 0.243. The maximum atomic E-state index is 11.6. The highest BCUT2D eigenvalue weighted by atomic mass is 16.5. The molecule has 1 aromatic carbocycles. The first-order valence-electron chi connectivity index (χ1n) is 5.92. The lowest BCUT2D eigenvalue weighted by molar-refractivity contribution is -0.142. The lowest BCUT2D eigenvalue weighted by Gasteiger charge is -2.17. The molecular weight excluding hydrogens is 230 g/mol. The Morgan fingerprint density at radius 2 is 1.83 bits per heavy atom. The van der Waals surface area contributed by atoms with Gasteiger partial charge in [-0.1, -0.05) is 0 Å². The number of nitrogens with one attached hydrogen (secondary N) is 1. The fourth-order valence-corrected chi connectivity index (χ4v) is 2.04. The molecule has 0 spiro atoms. The van der Waals surface area contributed by atoms with Crippen LogP contribution < -0.4 is 10.1 Å². The maximum Gasteiger partial charge on any atom is 0.323 e. The SMILES string of the molecule is CNC(Cc1c(C)cc(OC)cc1C)C(=O)OC. The van der Waals surface area contributed by atoms with Crippen LogP contribution in [-0.2, 0) is 16.0 Å². The molecule has 0 aliphatic heterocycles. The van der Waals surface area contributed by atoms with E-state index in [0.717, 1.165) is 22.4 Å². The van der Waals surface area contributed by atoms with Gasteiger partial charge in [0.2, 0.25) is 0 Å². The molecule has 0 aromatic heterocycles. The van der Waals surface area contributed by atoms with Gasteiger partial charge in [0, 0.05) is 0 Å². The van der Waals surface area contributed by atoms with Gasteiger partial charge in [-0.3, -0.25) is 4.79 Å². The van der Waals surface area contributed by atoms with Crippen LogP contribution in [0.5, 0.6) is 5.75 Å². The number of aryl methyl sites for hydroxylation is 2. The second-order valence-electron chi connectivity index (χ2n) is 4.31. The average molecular weight is 251 g/mol. The molecule has 1 N–H and O–H groups in total. The van der Waals surface area contributed by atoms with Crippen LogP contribution in [0.25, 0.3) is 0 Å². The standard InChI is InChI=1S/C14H21NO3/c1-9-6-11(17-4)7-10(2)12(9)8-13(15-3)14(16)18-5/h6-7,13,15H,8H2,1-5H3. The normalized spacial score (nSPS) is 12.1. The second kappa shape index (κ2) is 6.40. The third-order valence-electron chi connectivity index (χ3n) is 3.15. The Balaban J connectivity index is 2.99. The zero-order valence-electron chi connectivity index (χ0n) is 11.7. The van der Waals surface area contributed by atoms with Crippen molar-refractivity contribution in [3.63, 3.8) is 0 Å². The summed E-state index contributed by atoms with van der Waals surface area (Å²) in [6.07, 6.45) is 0.616. The predicted octanol–water partition coefficient (Wildman–Crippen LogP) is 1.62. The Morgan fingerprint density at radius 3 is 2.22 bits per heavy atom. The Labute approximate surface area is 108 Å². The zero-order valence-corrected chi connectivity index (χ0v) is 11.7. The number of esters is 1. The van der Waals surface area contributed by atoms with E-state index in [1.54, 1.807) is 14.2 Å². The number of ether oxygens (including phenoxy) is 2. The zero-order chi connectivity index (χ0) is 13.7. The van der Waals surface area contributed by atoms with Crippen molar-refractivity contribution >= 4 is 5.97 Å². The van der Waals surface area contributed by atoms with Crippen molar-refractivity contribution in [2.45, 2.75) is 26.3 Å². The molecule has 0 fully saturated rings. The summed E-state index contributed by atoms with van der Waals surface area (Å²) in [7, 11) is 4.81. The smallest absolute Gasteiger partial charge is 0.323 e. The van der Waals surface area contributed by atoms with Crippen molar-refractivity contribution < 1.29 is 14.3 Å². The van der Waals surface area contributed by atoms with Gasteiger partial charge >= 0.3 is 5.97 Å². The number of carbonyl (C=O) groups excluding carboxylic acids is 1. The molecule has 0 heterocycles. The monoisotopic (exact) mass is 251 g/mol. The summed E-state index contributed by atoms with van der Waals surface area (Å²) < 4.78 is 10.00. The molecule has 1 rings (SSSR count). The first-order valence-corrected chi connectivity index (χ1v) is 5.92. The van der Waals surface area contributed by atoms with Crippen molar-refractivity contribution in [2.24, 2.45) is 0 Å². The highest BCUT2D eigenvalue weighted by molar-refractivity contribution is 5.76. The molecule has 4 heteroatoms. The number of hydrogen-bond donors (Lipinski definition) is 1. The molecule has 0 amide bonds.